The summed E-state index contributed by atoms with van der Waals surface area (Å²) in [6.07, 6.45) is 2.58. The Kier molecular flexibility index (Phi) is 5.03. The minimum Gasteiger partial charge on any atom is -0.370 e. The first-order chi connectivity index (χ1) is 10.1. The predicted molar refractivity (Wildman–Crippen MR) is 84.4 cm³/mol. The van der Waals surface area contributed by atoms with Crippen molar-refractivity contribution >= 4 is 11.6 Å². The van der Waals surface area contributed by atoms with E-state index in [9.17, 15) is 0 Å². The molecule has 6 heteroatoms. The zero-order valence-corrected chi connectivity index (χ0v) is 13.1. The van der Waals surface area contributed by atoms with Crippen molar-refractivity contribution in [1.82, 2.24) is 19.9 Å². The normalized spacial score (nSPS) is 10.5. The van der Waals surface area contributed by atoms with Gasteiger partial charge >= 0.3 is 0 Å². The highest BCUT2D eigenvalue weighted by Gasteiger charge is 2.09. The Labute approximate surface area is 125 Å². The van der Waals surface area contributed by atoms with E-state index in [2.05, 4.69) is 44.4 Å². The number of nitrogens with one attached hydrogen (secondary N) is 2. The number of rotatable bonds is 6. The Balaban J connectivity index is 2.20. The summed E-state index contributed by atoms with van der Waals surface area (Å²) in [5.74, 6) is 3.36. The topological polar surface area (TPSA) is 75.6 Å². The lowest BCUT2D eigenvalue weighted by Gasteiger charge is -2.14. The van der Waals surface area contributed by atoms with Crippen molar-refractivity contribution in [1.29, 1.82) is 0 Å². The minimum absolute atomic E-state index is 0.621. The molecular formula is C15H22N6. The number of aryl methyl sites for hydroxylation is 2. The van der Waals surface area contributed by atoms with Gasteiger partial charge in [0, 0.05) is 24.7 Å². The van der Waals surface area contributed by atoms with Crippen molar-refractivity contribution in [3.05, 3.63) is 35.2 Å². The van der Waals surface area contributed by atoms with Crippen molar-refractivity contribution in [3.63, 3.8) is 0 Å². The molecular weight excluding hydrogens is 264 g/mol. The molecule has 2 aromatic rings. The fourth-order valence-electron chi connectivity index (χ4n) is 2.01. The quantitative estimate of drug-likeness (QED) is 0.849. The van der Waals surface area contributed by atoms with E-state index in [0.29, 0.717) is 6.54 Å². The first-order valence-corrected chi connectivity index (χ1v) is 7.27. The van der Waals surface area contributed by atoms with Gasteiger partial charge in [-0.1, -0.05) is 6.92 Å². The highest BCUT2D eigenvalue weighted by molar-refractivity contribution is 5.57. The molecule has 0 atom stereocenters. The molecule has 21 heavy (non-hydrogen) atoms. The van der Waals surface area contributed by atoms with Crippen LogP contribution in [0.25, 0.3) is 0 Å². The van der Waals surface area contributed by atoms with Crippen LogP contribution in [0.2, 0.25) is 0 Å². The number of aromatic nitrogens is 4. The summed E-state index contributed by atoms with van der Waals surface area (Å²) in [6, 6.07) is 1.91. The van der Waals surface area contributed by atoms with E-state index in [1.54, 1.807) is 6.20 Å². The monoisotopic (exact) mass is 286 g/mol. The van der Waals surface area contributed by atoms with Crippen molar-refractivity contribution in [3.8, 4) is 0 Å². The molecule has 0 amide bonds. The average molecular weight is 286 g/mol. The van der Waals surface area contributed by atoms with Crippen LogP contribution in [-0.2, 0) is 13.0 Å². The summed E-state index contributed by atoms with van der Waals surface area (Å²) in [4.78, 5) is 17.6. The minimum atomic E-state index is 0.621. The molecule has 2 heterocycles. The zero-order valence-electron chi connectivity index (χ0n) is 13.1. The van der Waals surface area contributed by atoms with Gasteiger partial charge in [0.05, 0.1) is 12.2 Å². The molecule has 0 aliphatic rings. The molecule has 0 bridgehead atoms. The van der Waals surface area contributed by atoms with E-state index in [1.165, 1.54) is 0 Å². The summed E-state index contributed by atoms with van der Waals surface area (Å²) in [6.45, 7) is 9.48. The third-order valence-electron chi connectivity index (χ3n) is 3.12. The molecule has 0 spiro atoms. The maximum atomic E-state index is 4.57. The predicted octanol–water partition coefficient (Wildman–Crippen LogP) is 2.49. The van der Waals surface area contributed by atoms with Gasteiger partial charge in [0.1, 0.15) is 23.3 Å². The van der Waals surface area contributed by atoms with E-state index in [4.69, 9.17) is 0 Å². The van der Waals surface area contributed by atoms with Gasteiger partial charge in [-0.25, -0.2) is 19.9 Å². The van der Waals surface area contributed by atoms with Crippen LogP contribution < -0.4 is 10.6 Å². The van der Waals surface area contributed by atoms with Crippen molar-refractivity contribution in [2.75, 3.05) is 17.2 Å². The average Bonchev–Trinajstić information content (AvgIpc) is 2.48. The highest BCUT2D eigenvalue weighted by Crippen LogP contribution is 2.20. The molecule has 0 aromatic carbocycles. The zero-order chi connectivity index (χ0) is 15.2. The maximum Gasteiger partial charge on any atom is 0.135 e. The molecule has 0 saturated heterocycles. The Hall–Kier alpha value is -2.24. The summed E-state index contributed by atoms with van der Waals surface area (Å²) >= 11 is 0. The highest BCUT2D eigenvalue weighted by atomic mass is 15.1. The van der Waals surface area contributed by atoms with Crippen LogP contribution in [0.3, 0.4) is 0 Å². The number of nitrogens with zero attached hydrogens (tertiary/aromatic N) is 4. The van der Waals surface area contributed by atoms with E-state index < -0.39 is 0 Å². The van der Waals surface area contributed by atoms with Gasteiger partial charge in [-0.15, -0.1) is 0 Å². The second-order valence-electron chi connectivity index (χ2n) is 4.79. The second-order valence-corrected chi connectivity index (χ2v) is 4.79. The van der Waals surface area contributed by atoms with Gasteiger partial charge in [0.2, 0.25) is 0 Å². The molecule has 0 aliphatic carbocycles. The lowest BCUT2D eigenvalue weighted by atomic mass is 10.2. The Morgan fingerprint density at radius 2 is 1.71 bits per heavy atom. The largest absolute Gasteiger partial charge is 0.370 e. The van der Waals surface area contributed by atoms with E-state index >= 15 is 0 Å². The van der Waals surface area contributed by atoms with Gasteiger partial charge in [-0.2, -0.15) is 0 Å². The van der Waals surface area contributed by atoms with Crippen LogP contribution in [0, 0.1) is 13.8 Å². The number of anilines is 2. The van der Waals surface area contributed by atoms with Gasteiger partial charge < -0.3 is 10.6 Å². The lowest BCUT2D eigenvalue weighted by molar-refractivity contribution is 0.906. The fraction of sp³-hybridized carbons (Fsp3) is 0.467. The van der Waals surface area contributed by atoms with Gasteiger partial charge in [0.15, 0.2) is 0 Å². The summed E-state index contributed by atoms with van der Waals surface area (Å²) in [5, 5.41) is 6.63. The van der Waals surface area contributed by atoms with E-state index in [-0.39, 0.29) is 0 Å². The van der Waals surface area contributed by atoms with Crippen LogP contribution in [0.4, 0.5) is 11.6 Å². The fourth-order valence-corrected chi connectivity index (χ4v) is 2.01. The summed E-state index contributed by atoms with van der Waals surface area (Å²) in [5.41, 5.74) is 1.98. The number of hydrogen-bond acceptors (Lipinski definition) is 6. The Morgan fingerprint density at radius 1 is 1.00 bits per heavy atom. The van der Waals surface area contributed by atoms with E-state index in [1.807, 2.05) is 19.9 Å². The van der Waals surface area contributed by atoms with Crippen LogP contribution in [0.1, 0.15) is 36.8 Å². The standard InChI is InChI=1S/C15H22N6/c1-5-13-20-14(16-6-2)10(3)15(21-13)18-9-12-7-8-17-11(4)19-12/h7-8H,5-6,9H2,1-4H3,(H2,16,18,20,21). The van der Waals surface area contributed by atoms with Crippen LogP contribution in [-0.4, -0.2) is 26.5 Å². The molecule has 2 aromatic heterocycles. The third-order valence-corrected chi connectivity index (χ3v) is 3.12. The smallest absolute Gasteiger partial charge is 0.135 e. The van der Waals surface area contributed by atoms with Gasteiger partial charge in [0.25, 0.3) is 0 Å². The van der Waals surface area contributed by atoms with Gasteiger partial charge in [-0.05, 0) is 26.8 Å². The Morgan fingerprint density at radius 3 is 2.33 bits per heavy atom. The van der Waals surface area contributed by atoms with Crippen LogP contribution in [0.5, 0.6) is 0 Å². The Bertz CT molecular complexity index is 611. The summed E-state index contributed by atoms with van der Waals surface area (Å²) < 4.78 is 0. The molecule has 112 valence electrons. The van der Waals surface area contributed by atoms with Crippen LogP contribution in [0.15, 0.2) is 12.3 Å². The molecule has 2 N–H and O–H groups in total. The third kappa shape index (κ3) is 3.87. The second kappa shape index (κ2) is 6.97. The number of hydrogen-bond donors (Lipinski definition) is 2. The molecule has 0 unspecified atom stereocenters. The first-order valence-electron chi connectivity index (χ1n) is 7.27. The van der Waals surface area contributed by atoms with Crippen molar-refractivity contribution in [2.24, 2.45) is 0 Å². The van der Waals surface area contributed by atoms with Crippen molar-refractivity contribution < 1.29 is 0 Å². The molecule has 2 rings (SSSR count). The molecule has 0 radical (unpaired) electrons. The lowest BCUT2D eigenvalue weighted by Crippen LogP contribution is -2.11. The molecule has 0 saturated carbocycles. The van der Waals surface area contributed by atoms with Crippen molar-refractivity contribution in [2.45, 2.75) is 40.7 Å². The summed E-state index contributed by atoms with van der Waals surface area (Å²) in [7, 11) is 0. The molecule has 6 nitrogen and oxygen atoms in total. The molecule has 0 fully saturated rings. The SMILES string of the molecule is CCNc1nc(CC)nc(NCc2ccnc(C)n2)c1C. The van der Waals surface area contributed by atoms with E-state index in [0.717, 1.165) is 47.5 Å². The molecule has 0 aliphatic heterocycles. The van der Waals surface area contributed by atoms with Gasteiger partial charge in [-0.3, -0.25) is 0 Å². The first kappa shape index (κ1) is 15.2. The maximum absolute atomic E-state index is 4.57. The van der Waals surface area contributed by atoms with Crippen LogP contribution >= 0.6 is 0 Å².